The summed E-state index contributed by atoms with van der Waals surface area (Å²) in [7, 11) is 0. The first-order valence-electron chi connectivity index (χ1n) is 6.88. The molecule has 1 amide bonds. The van der Waals surface area contributed by atoms with Crippen LogP contribution < -0.4 is 15.4 Å². The van der Waals surface area contributed by atoms with Crippen LogP contribution in [0.15, 0.2) is 12.1 Å². The fraction of sp³-hybridized carbons (Fsp3) is 0.533. The Hall–Kier alpha value is -1.26. The van der Waals surface area contributed by atoms with Gasteiger partial charge in [0.2, 0.25) is 5.91 Å². The van der Waals surface area contributed by atoms with Crippen molar-refractivity contribution in [3.05, 3.63) is 22.7 Å². The molecular weight excluding hydrogens is 276 g/mol. The van der Waals surface area contributed by atoms with Gasteiger partial charge in [-0.25, -0.2) is 0 Å². The second-order valence-corrected chi connectivity index (χ2v) is 6.37. The number of anilines is 1. The molecule has 2 rings (SSSR count). The number of halogens is 1. The lowest BCUT2D eigenvalue weighted by Crippen LogP contribution is -2.28. The summed E-state index contributed by atoms with van der Waals surface area (Å²) in [6.07, 6.45) is 0.970. The number of carbonyl (C=O) groups excluding carboxylic acids is 1. The van der Waals surface area contributed by atoms with Gasteiger partial charge in [-0.05, 0) is 39.8 Å². The molecule has 0 fully saturated rings. The average Bonchev–Trinajstić information content (AvgIpc) is 2.61. The first-order chi connectivity index (χ1) is 9.31. The molecule has 1 unspecified atom stereocenters. The molecule has 0 spiro atoms. The molecule has 5 heteroatoms. The smallest absolute Gasteiger partial charge is 0.246 e. The minimum absolute atomic E-state index is 0.0441. The Balaban J connectivity index is 2.30. The minimum Gasteiger partial charge on any atom is -0.487 e. The van der Waals surface area contributed by atoms with Crippen LogP contribution in [0, 0.1) is 0 Å². The lowest BCUT2D eigenvalue weighted by Gasteiger charge is -2.22. The van der Waals surface area contributed by atoms with E-state index < -0.39 is 0 Å². The number of amides is 1. The molecule has 0 aromatic heterocycles. The van der Waals surface area contributed by atoms with E-state index in [0.29, 0.717) is 10.8 Å². The summed E-state index contributed by atoms with van der Waals surface area (Å²) in [5.41, 5.74) is 1.32. The van der Waals surface area contributed by atoms with Gasteiger partial charge in [0.1, 0.15) is 17.4 Å². The molecule has 0 saturated carbocycles. The van der Waals surface area contributed by atoms with Gasteiger partial charge in [-0.15, -0.1) is 0 Å². The van der Waals surface area contributed by atoms with E-state index in [-0.39, 0.29) is 17.6 Å². The summed E-state index contributed by atoms with van der Waals surface area (Å²) >= 11 is 6.27. The van der Waals surface area contributed by atoms with E-state index in [0.717, 1.165) is 24.2 Å². The number of benzene rings is 1. The fourth-order valence-corrected chi connectivity index (χ4v) is 2.37. The van der Waals surface area contributed by atoms with Gasteiger partial charge in [-0.2, -0.15) is 0 Å². The zero-order valence-corrected chi connectivity index (χ0v) is 13.1. The molecule has 1 aliphatic rings. The lowest BCUT2D eigenvalue weighted by atomic mass is 10.1. The highest BCUT2D eigenvalue weighted by Crippen LogP contribution is 2.39. The van der Waals surface area contributed by atoms with Gasteiger partial charge < -0.3 is 15.4 Å². The van der Waals surface area contributed by atoms with Crippen LogP contribution in [0.1, 0.15) is 45.7 Å². The molecule has 1 aromatic carbocycles. The van der Waals surface area contributed by atoms with Crippen LogP contribution in [0.25, 0.3) is 0 Å². The van der Waals surface area contributed by atoms with Crippen molar-refractivity contribution < 1.29 is 9.53 Å². The first-order valence-corrected chi connectivity index (χ1v) is 7.26. The number of rotatable bonds is 4. The fourth-order valence-electron chi connectivity index (χ4n) is 2.16. The predicted octanol–water partition coefficient (Wildman–Crippen LogP) is 3.51. The highest BCUT2D eigenvalue weighted by molar-refractivity contribution is 6.32. The van der Waals surface area contributed by atoms with Crippen LogP contribution in [-0.4, -0.2) is 18.1 Å². The van der Waals surface area contributed by atoms with Crippen molar-refractivity contribution in [3.63, 3.8) is 0 Å². The summed E-state index contributed by atoms with van der Waals surface area (Å²) in [5, 5.41) is 6.62. The van der Waals surface area contributed by atoms with Crippen LogP contribution in [0.2, 0.25) is 5.02 Å². The zero-order valence-electron chi connectivity index (χ0n) is 12.3. The van der Waals surface area contributed by atoms with E-state index >= 15 is 0 Å². The van der Waals surface area contributed by atoms with Gasteiger partial charge in [-0.3, -0.25) is 4.79 Å². The summed E-state index contributed by atoms with van der Waals surface area (Å²) in [5.74, 6) is 0.548. The molecule has 0 aliphatic carbocycles. The quantitative estimate of drug-likeness (QED) is 0.894. The molecule has 1 aliphatic heterocycles. The summed E-state index contributed by atoms with van der Waals surface area (Å²) in [6.45, 7) is 8.73. The minimum atomic E-state index is -0.333. The second kappa shape index (κ2) is 5.62. The van der Waals surface area contributed by atoms with Crippen molar-refractivity contribution in [3.8, 4) is 5.75 Å². The third kappa shape index (κ3) is 3.25. The largest absolute Gasteiger partial charge is 0.487 e. The van der Waals surface area contributed by atoms with Gasteiger partial charge in [0.05, 0.1) is 5.02 Å². The number of ether oxygens (including phenoxy) is 1. The van der Waals surface area contributed by atoms with E-state index in [1.54, 1.807) is 6.07 Å². The van der Waals surface area contributed by atoms with E-state index in [4.69, 9.17) is 16.3 Å². The zero-order chi connectivity index (χ0) is 14.9. The van der Waals surface area contributed by atoms with Crippen LogP contribution in [0.3, 0.4) is 0 Å². The predicted molar refractivity (Wildman–Crippen MR) is 81.5 cm³/mol. The highest BCUT2D eigenvalue weighted by Gasteiger charge is 2.31. The summed E-state index contributed by atoms with van der Waals surface area (Å²) < 4.78 is 5.81. The Morgan fingerprint density at radius 1 is 1.40 bits per heavy atom. The van der Waals surface area contributed by atoms with Crippen LogP contribution >= 0.6 is 11.6 Å². The maximum Gasteiger partial charge on any atom is 0.246 e. The van der Waals surface area contributed by atoms with Crippen molar-refractivity contribution in [2.75, 3.05) is 11.9 Å². The van der Waals surface area contributed by atoms with Crippen molar-refractivity contribution >= 4 is 23.2 Å². The molecule has 1 heterocycles. The Morgan fingerprint density at radius 2 is 2.10 bits per heavy atom. The third-order valence-corrected chi connectivity index (χ3v) is 3.25. The van der Waals surface area contributed by atoms with Gasteiger partial charge in [-0.1, -0.05) is 18.5 Å². The third-order valence-electron chi connectivity index (χ3n) is 2.95. The number of hydrogen-bond donors (Lipinski definition) is 2. The van der Waals surface area contributed by atoms with Gasteiger partial charge in [0.15, 0.2) is 0 Å². The Labute approximate surface area is 124 Å². The van der Waals surface area contributed by atoms with E-state index in [2.05, 4.69) is 17.6 Å². The van der Waals surface area contributed by atoms with E-state index in [1.807, 2.05) is 26.8 Å². The molecule has 4 nitrogen and oxygen atoms in total. The SMILES string of the molecule is CCCNC1C(=O)Nc2cc(OC(C)(C)C)c(Cl)cc21. The molecule has 0 bridgehead atoms. The number of carbonyl (C=O) groups is 1. The molecule has 1 aromatic rings. The van der Waals surface area contributed by atoms with Gasteiger partial charge in [0, 0.05) is 17.3 Å². The average molecular weight is 297 g/mol. The van der Waals surface area contributed by atoms with Gasteiger partial charge >= 0.3 is 0 Å². The number of nitrogens with one attached hydrogen (secondary N) is 2. The number of fused-ring (bicyclic) bond motifs is 1. The topological polar surface area (TPSA) is 50.4 Å². The van der Waals surface area contributed by atoms with Crippen molar-refractivity contribution in [2.45, 2.75) is 45.8 Å². The van der Waals surface area contributed by atoms with Crippen molar-refractivity contribution in [1.82, 2.24) is 5.32 Å². The summed E-state index contributed by atoms with van der Waals surface area (Å²) in [4.78, 5) is 12.0. The highest BCUT2D eigenvalue weighted by atomic mass is 35.5. The molecular formula is C15H21ClN2O2. The van der Waals surface area contributed by atoms with Gasteiger partial charge in [0.25, 0.3) is 0 Å². The molecule has 110 valence electrons. The molecule has 0 radical (unpaired) electrons. The van der Waals surface area contributed by atoms with Crippen LogP contribution in [0.5, 0.6) is 5.75 Å². The maximum atomic E-state index is 12.0. The van der Waals surface area contributed by atoms with Crippen molar-refractivity contribution in [1.29, 1.82) is 0 Å². The monoisotopic (exact) mass is 296 g/mol. The maximum absolute atomic E-state index is 12.0. The molecule has 20 heavy (non-hydrogen) atoms. The summed E-state index contributed by atoms with van der Waals surface area (Å²) in [6, 6.07) is 3.28. The standard InChI is InChI=1S/C15H21ClN2O2/c1-5-6-17-13-9-7-10(16)12(20-15(2,3)4)8-11(9)18-14(13)19/h7-8,13,17H,5-6H2,1-4H3,(H,18,19). The van der Waals surface area contributed by atoms with E-state index in [9.17, 15) is 4.79 Å². The van der Waals surface area contributed by atoms with Crippen LogP contribution in [0.4, 0.5) is 5.69 Å². The first kappa shape index (κ1) is 15.1. The lowest BCUT2D eigenvalue weighted by molar-refractivity contribution is -0.117. The Bertz CT molecular complexity index is 523. The normalized spacial score (nSPS) is 17.9. The van der Waals surface area contributed by atoms with E-state index in [1.165, 1.54) is 0 Å². The molecule has 0 saturated heterocycles. The van der Waals surface area contributed by atoms with Crippen LogP contribution in [-0.2, 0) is 4.79 Å². The Morgan fingerprint density at radius 3 is 2.70 bits per heavy atom. The Kier molecular flexibility index (Phi) is 4.25. The molecule has 2 N–H and O–H groups in total. The number of hydrogen-bond acceptors (Lipinski definition) is 3. The van der Waals surface area contributed by atoms with Crippen molar-refractivity contribution in [2.24, 2.45) is 0 Å². The molecule has 1 atom stereocenters. The second-order valence-electron chi connectivity index (χ2n) is 5.96.